The van der Waals surface area contributed by atoms with Gasteiger partial charge in [0.05, 0.1) is 23.3 Å². The van der Waals surface area contributed by atoms with Crippen molar-refractivity contribution in [2.45, 2.75) is 0 Å². The highest BCUT2D eigenvalue weighted by Gasteiger charge is 2.02. The summed E-state index contributed by atoms with van der Waals surface area (Å²) >= 11 is 0. The zero-order chi connectivity index (χ0) is 11.4. The van der Waals surface area contributed by atoms with Gasteiger partial charge in [-0.3, -0.25) is 0 Å². The van der Waals surface area contributed by atoms with Gasteiger partial charge in [0.2, 0.25) is 0 Å². The molecule has 1 radical (unpaired) electrons. The molecular formula is C14H7N2. The molecule has 0 saturated carbocycles. The van der Waals surface area contributed by atoms with E-state index in [9.17, 15) is 0 Å². The van der Waals surface area contributed by atoms with Crippen molar-refractivity contribution in [1.82, 2.24) is 0 Å². The topological polar surface area (TPSA) is 47.6 Å². The van der Waals surface area contributed by atoms with E-state index in [1.807, 2.05) is 24.3 Å². The molecule has 0 N–H and O–H groups in total. The van der Waals surface area contributed by atoms with Crippen LogP contribution in [0.1, 0.15) is 11.1 Å². The largest absolute Gasteiger partial charge is 0.192 e. The van der Waals surface area contributed by atoms with Crippen molar-refractivity contribution >= 4 is 0 Å². The monoisotopic (exact) mass is 203 g/mol. The zero-order valence-electron chi connectivity index (χ0n) is 8.44. The normalized spacial score (nSPS) is 9.12. The van der Waals surface area contributed by atoms with Gasteiger partial charge >= 0.3 is 0 Å². The lowest BCUT2D eigenvalue weighted by molar-refractivity contribution is 1.44. The standard InChI is InChI=1S/C14H7N2/c15-9-11-6-12(10-16)8-14(7-11)13-4-2-1-3-5-13/h1-2,4-8H. The minimum atomic E-state index is 0.498. The van der Waals surface area contributed by atoms with Gasteiger partial charge in [-0.15, -0.1) is 0 Å². The maximum absolute atomic E-state index is 8.86. The quantitative estimate of drug-likeness (QED) is 0.715. The maximum Gasteiger partial charge on any atom is 0.0992 e. The summed E-state index contributed by atoms with van der Waals surface area (Å²) in [6.45, 7) is 0. The van der Waals surface area contributed by atoms with Gasteiger partial charge in [0, 0.05) is 0 Å². The van der Waals surface area contributed by atoms with E-state index >= 15 is 0 Å². The van der Waals surface area contributed by atoms with Gasteiger partial charge in [-0.2, -0.15) is 10.5 Å². The van der Waals surface area contributed by atoms with Gasteiger partial charge in [0.25, 0.3) is 0 Å². The molecule has 2 heteroatoms. The first-order chi connectivity index (χ1) is 7.83. The average Bonchev–Trinajstić information content (AvgIpc) is 2.39. The molecule has 0 heterocycles. The predicted octanol–water partition coefficient (Wildman–Crippen LogP) is 2.90. The zero-order valence-corrected chi connectivity index (χ0v) is 8.44. The van der Waals surface area contributed by atoms with Gasteiger partial charge in [-0.25, -0.2) is 0 Å². The Labute approximate surface area is 94.0 Å². The van der Waals surface area contributed by atoms with Crippen LogP contribution in [0.15, 0.2) is 42.5 Å². The van der Waals surface area contributed by atoms with Crippen LogP contribution >= 0.6 is 0 Å². The first-order valence-corrected chi connectivity index (χ1v) is 4.75. The third kappa shape index (κ3) is 1.92. The maximum atomic E-state index is 8.86. The number of rotatable bonds is 1. The first kappa shape index (κ1) is 9.96. The molecule has 0 bridgehead atoms. The fourth-order valence-corrected chi connectivity index (χ4v) is 1.50. The third-order valence-corrected chi connectivity index (χ3v) is 2.23. The fraction of sp³-hybridized carbons (Fsp3) is 0. The van der Waals surface area contributed by atoms with Gasteiger partial charge in [0.1, 0.15) is 0 Å². The van der Waals surface area contributed by atoms with Crippen molar-refractivity contribution in [3.8, 4) is 23.3 Å². The second kappa shape index (κ2) is 4.29. The summed E-state index contributed by atoms with van der Waals surface area (Å²) in [5.41, 5.74) is 2.82. The Morgan fingerprint density at radius 3 is 2.12 bits per heavy atom. The lowest BCUT2D eigenvalue weighted by Crippen LogP contribution is -1.84. The molecule has 0 aliphatic heterocycles. The van der Waals surface area contributed by atoms with E-state index in [1.54, 1.807) is 18.2 Å². The Morgan fingerprint density at radius 1 is 0.938 bits per heavy atom. The SMILES string of the molecule is N#Cc1cc(C#N)cc(-c2c[c]ccc2)c1. The number of nitriles is 2. The molecule has 0 aromatic heterocycles. The molecule has 0 atom stereocenters. The Hall–Kier alpha value is -2.58. The summed E-state index contributed by atoms with van der Waals surface area (Å²) < 4.78 is 0. The highest BCUT2D eigenvalue weighted by molar-refractivity contribution is 5.67. The van der Waals surface area contributed by atoms with Crippen molar-refractivity contribution < 1.29 is 0 Å². The van der Waals surface area contributed by atoms with Gasteiger partial charge in [0.15, 0.2) is 0 Å². The molecule has 73 valence electrons. The molecule has 0 unspecified atom stereocenters. The fourth-order valence-electron chi connectivity index (χ4n) is 1.50. The predicted molar refractivity (Wildman–Crippen MR) is 60.1 cm³/mol. The molecule has 2 aromatic rings. The minimum Gasteiger partial charge on any atom is -0.192 e. The minimum absolute atomic E-state index is 0.498. The molecule has 0 saturated heterocycles. The number of nitrogens with zero attached hydrogens (tertiary/aromatic N) is 2. The molecule has 0 fully saturated rings. The first-order valence-electron chi connectivity index (χ1n) is 4.75. The summed E-state index contributed by atoms with van der Waals surface area (Å²) in [7, 11) is 0. The van der Waals surface area contributed by atoms with Gasteiger partial charge < -0.3 is 0 Å². The second-order valence-corrected chi connectivity index (χ2v) is 3.31. The van der Waals surface area contributed by atoms with E-state index in [0.717, 1.165) is 11.1 Å². The van der Waals surface area contributed by atoms with Crippen LogP contribution in [0.4, 0.5) is 0 Å². The van der Waals surface area contributed by atoms with Crippen molar-refractivity contribution in [2.24, 2.45) is 0 Å². The van der Waals surface area contributed by atoms with Crippen LogP contribution in [0.5, 0.6) is 0 Å². The van der Waals surface area contributed by atoms with E-state index in [1.165, 1.54) is 0 Å². The van der Waals surface area contributed by atoms with Crippen LogP contribution in [0, 0.1) is 28.7 Å². The lowest BCUT2D eigenvalue weighted by Gasteiger charge is -2.02. The van der Waals surface area contributed by atoms with Crippen molar-refractivity contribution in [1.29, 1.82) is 10.5 Å². The van der Waals surface area contributed by atoms with Crippen LogP contribution in [0.25, 0.3) is 11.1 Å². The van der Waals surface area contributed by atoms with Crippen LogP contribution < -0.4 is 0 Å². The Bertz CT molecular complexity index is 554. The van der Waals surface area contributed by atoms with E-state index in [2.05, 4.69) is 18.2 Å². The Morgan fingerprint density at radius 2 is 1.62 bits per heavy atom. The number of hydrogen-bond acceptors (Lipinski definition) is 2. The highest BCUT2D eigenvalue weighted by atomic mass is 14.3. The van der Waals surface area contributed by atoms with Gasteiger partial charge in [-0.05, 0) is 41.5 Å². The molecule has 0 aliphatic carbocycles. The molecule has 0 spiro atoms. The van der Waals surface area contributed by atoms with E-state index in [4.69, 9.17) is 10.5 Å². The van der Waals surface area contributed by atoms with Crippen molar-refractivity contribution in [3.63, 3.8) is 0 Å². The molecular weight excluding hydrogens is 196 g/mol. The van der Waals surface area contributed by atoms with Gasteiger partial charge in [-0.1, -0.05) is 18.2 Å². The Balaban J connectivity index is 2.59. The van der Waals surface area contributed by atoms with Crippen LogP contribution in [-0.4, -0.2) is 0 Å². The number of benzene rings is 2. The molecule has 2 aromatic carbocycles. The summed E-state index contributed by atoms with van der Waals surface area (Å²) in [6, 6.07) is 19.6. The van der Waals surface area contributed by atoms with E-state index < -0.39 is 0 Å². The molecule has 16 heavy (non-hydrogen) atoms. The van der Waals surface area contributed by atoms with E-state index in [-0.39, 0.29) is 0 Å². The smallest absolute Gasteiger partial charge is 0.0992 e. The van der Waals surface area contributed by atoms with Crippen LogP contribution in [0.3, 0.4) is 0 Å². The third-order valence-electron chi connectivity index (χ3n) is 2.23. The van der Waals surface area contributed by atoms with Crippen molar-refractivity contribution in [2.75, 3.05) is 0 Å². The van der Waals surface area contributed by atoms with Crippen LogP contribution in [0.2, 0.25) is 0 Å². The molecule has 0 aliphatic rings. The molecule has 2 nitrogen and oxygen atoms in total. The van der Waals surface area contributed by atoms with Crippen molar-refractivity contribution in [3.05, 3.63) is 59.7 Å². The summed E-state index contributed by atoms with van der Waals surface area (Å²) in [5, 5.41) is 17.7. The average molecular weight is 203 g/mol. The summed E-state index contributed by atoms with van der Waals surface area (Å²) in [5.74, 6) is 0. The van der Waals surface area contributed by atoms with E-state index in [0.29, 0.717) is 11.1 Å². The second-order valence-electron chi connectivity index (χ2n) is 3.31. The van der Waals surface area contributed by atoms with Crippen LogP contribution in [-0.2, 0) is 0 Å². The summed E-state index contributed by atoms with van der Waals surface area (Å²) in [4.78, 5) is 0. The lowest BCUT2D eigenvalue weighted by atomic mass is 10.0. The molecule has 0 amide bonds. The number of hydrogen-bond donors (Lipinski definition) is 0. The highest BCUT2D eigenvalue weighted by Crippen LogP contribution is 2.21. The Kier molecular flexibility index (Phi) is 2.67. The molecule has 2 rings (SSSR count). The summed E-state index contributed by atoms with van der Waals surface area (Å²) in [6.07, 6.45) is 0.